The Hall–Kier alpha value is -3.98. The molecule has 1 aliphatic heterocycles. The van der Waals surface area contributed by atoms with Crippen molar-refractivity contribution in [2.75, 3.05) is 13.6 Å². The highest BCUT2D eigenvalue weighted by Gasteiger charge is 2.38. The first-order valence-electron chi connectivity index (χ1n) is 14.0. The molecule has 4 atom stereocenters. The zero-order chi connectivity index (χ0) is 30.4. The molecule has 0 aromatic heterocycles. The lowest BCUT2D eigenvalue weighted by molar-refractivity contribution is -0.130. The Morgan fingerprint density at radius 2 is 1.50 bits per heavy atom. The van der Waals surface area contributed by atoms with E-state index in [1.54, 1.807) is 24.3 Å². The minimum absolute atomic E-state index is 0.0419. The second-order valence-corrected chi connectivity index (χ2v) is 12.0. The minimum atomic E-state index is -2.83. The lowest BCUT2D eigenvalue weighted by Crippen LogP contribution is -2.55. The summed E-state index contributed by atoms with van der Waals surface area (Å²) in [6, 6.07) is 18.0. The number of benzene rings is 3. The predicted octanol–water partition coefficient (Wildman–Crippen LogP) is 3.36. The van der Waals surface area contributed by atoms with Gasteiger partial charge in [-0.3, -0.25) is 29.4 Å². The molecule has 0 saturated carbocycles. The van der Waals surface area contributed by atoms with Crippen molar-refractivity contribution < 1.29 is 28.6 Å². The van der Waals surface area contributed by atoms with E-state index in [1.165, 1.54) is 7.05 Å². The van der Waals surface area contributed by atoms with Crippen molar-refractivity contribution in [1.82, 2.24) is 20.9 Å². The highest BCUT2D eigenvalue weighted by molar-refractivity contribution is 7.38. The van der Waals surface area contributed by atoms with Crippen LogP contribution in [0.25, 0.3) is 10.8 Å². The van der Waals surface area contributed by atoms with Crippen LogP contribution in [0.15, 0.2) is 66.7 Å². The molecule has 1 aliphatic rings. The van der Waals surface area contributed by atoms with E-state index in [2.05, 4.69) is 16.0 Å². The summed E-state index contributed by atoms with van der Waals surface area (Å²) in [5.74, 6) is -2.83. The number of hydrogen-bond acceptors (Lipinski definition) is 6. The van der Waals surface area contributed by atoms with Crippen molar-refractivity contribution >= 4 is 42.4 Å². The Kier molecular flexibility index (Phi) is 10.2. The molecule has 4 rings (SSSR count). The van der Waals surface area contributed by atoms with Gasteiger partial charge in [0.05, 0.1) is 6.04 Å². The molecule has 0 bridgehead atoms. The van der Waals surface area contributed by atoms with Crippen LogP contribution in [0.5, 0.6) is 0 Å². The lowest BCUT2D eigenvalue weighted by atomic mass is 9.94. The van der Waals surface area contributed by atoms with Gasteiger partial charge in [0.2, 0.25) is 17.6 Å². The molecule has 1 heterocycles. The average molecular weight is 592 g/mol. The van der Waals surface area contributed by atoms with Gasteiger partial charge in [0, 0.05) is 42.9 Å². The number of nitrogens with one attached hydrogen (secondary N) is 3. The summed E-state index contributed by atoms with van der Waals surface area (Å²) in [4.78, 5) is 63.9. The van der Waals surface area contributed by atoms with Crippen LogP contribution in [0.4, 0.5) is 0 Å². The highest BCUT2D eigenvalue weighted by Crippen LogP contribution is 2.31. The van der Waals surface area contributed by atoms with Gasteiger partial charge in [-0.25, -0.2) is 0 Å². The van der Waals surface area contributed by atoms with Gasteiger partial charge in [0.1, 0.15) is 6.04 Å². The van der Waals surface area contributed by atoms with Crippen LogP contribution in [-0.4, -0.2) is 64.9 Å². The number of amides is 4. The number of imide groups is 1. The Morgan fingerprint density at radius 3 is 2.05 bits per heavy atom. The molecule has 3 aromatic carbocycles. The van der Waals surface area contributed by atoms with Gasteiger partial charge in [0.15, 0.2) is 0 Å². The molecule has 0 aliphatic carbocycles. The second-order valence-electron chi connectivity index (χ2n) is 10.8. The SMILES string of the molecule is CNC(=O)[C@H](Cc1ccccc1)NC(=O)[C@H](CC(C)C)NC(CCN1C(=O)c2cccc3cccc(c23)C1=O)[P+](=O)O. The highest BCUT2D eigenvalue weighted by atomic mass is 31.1. The fourth-order valence-electron chi connectivity index (χ4n) is 5.25. The van der Waals surface area contributed by atoms with Gasteiger partial charge in [-0.15, -0.1) is 0 Å². The Labute approximate surface area is 245 Å². The van der Waals surface area contributed by atoms with E-state index in [9.17, 15) is 28.6 Å². The smallest absolute Gasteiger partial charge is 0.357 e. The molecule has 4 N–H and O–H groups in total. The van der Waals surface area contributed by atoms with E-state index >= 15 is 0 Å². The van der Waals surface area contributed by atoms with Crippen molar-refractivity contribution in [2.24, 2.45) is 5.92 Å². The first-order chi connectivity index (χ1) is 20.1. The normalized spacial score (nSPS) is 15.4. The number of carbonyl (C=O) groups is 4. The molecule has 0 spiro atoms. The molecular formula is C31H36N4O6P+. The standard InChI is InChI=1S/C31H35N4O6P/c1-19(2)17-24(29(37)34-25(28(36)32-3)18-20-9-5-4-6-10-20)33-26(42(40)41)15-16-35-30(38)22-13-7-11-21-12-8-14-23(27(21)22)31(35)39/h4-14,19,24-26,33H,15-18H2,1-3H3,(H2-,32,34,36,37,40,41)/p+1/t24-,25-,26?/m0/s1. The van der Waals surface area contributed by atoms with Crippen molar-refractivity contribution in [2.45, 2.75) is 51.0 Å². The molecule has 11 heteroatoms. The van der Waals surface area contributed by atoms with Gasteiger partial charge in [-0.05, 0) is 40.0 Å². The van der Waals surface area contributed by atoms with Crippen LogP contribution < -0.4 is 16.0 Å². The summed E-state index contributed by atoms with van der Waals surface area (Å²) in [5.41, 5.74) is 1.66. The number of likely N-dealkylation sites (N-methyl/N-ethyl adjacent to an activating group) is 1. The zero-order valence-electron chi connectivity index (χ0n) is 23.9. The average Bonchev–Trinajstić information content (AvgIpc) is 2.97. The number of carbonyl (C=O) groups excluding carboxylic acids is 4. The summed E-state index contributed by atoms with van der Waals surface area (Å²) in [6.07, 6.45) is 0.548. The Morgan fingerprint density at radius 1 is 0.881 bits per heavy atom. The molecule has 4 amide bonds. The van der Waals surface area contributed by atoms with Crippen LogP contribution >= 0.6 is 8.03 Å². The van der Waals surface area contributed by atoms with Gasteiger partial charge in [0.25, 0.3) is 11.8 Å². The van der Waals surface area contributed by atoms with Crippen LogP contribution in [0.1, 0.15) is 53.0 Å². The second kappa shape index (κ2) is 13.8. The topological polar surface area (TPSA) is 145 Å². The van der Waals surface area contributed by atoms with E-state index in [0.717, 1.165) is 15.8 Å². The third-order valence-corrected chi connectivity index (χ3v) is 8.27. The number of nitrogens with zero attached hydrogens (tertiary/aromatic N) is 1. The van der Waals surface area contributed by atoms with E-state index in [-0.39, 0.29) is 31.2 Å². The van der Waals surface area contributed by atoms with Gasteiger partial charge in [-0.2, -0.15) is 4.89 Å². The Bertz CT molecular complexity index is 1440. The fourth-order valence-corrected chi connectivity index (χ4v) is 5.90. The van der Waals surface area contributed by atoms with Gasteiger partial charge < -0.3 is 10.6 Å². The van der Waals surface area contributed by atoms with E-state index in [1.807, 2.05) is 56.3 Å². The monoisotopic (exact) mass is 591 g/mol. The Balaban J connectivity index is 1.49. The maximum atomic E-state index is 13.5. The molecule has 10 nitrogen and oxygen atoms in total. The molecular weight excluding hydrogens is 555 g/mol. The molecule has 220 valence electrons. The quantitative estimate of drug-likeness (QED) is 0.176. The van der Waals surface area contributed by atoms with E-state index < -0.39 is 43.6 Å². The molecule has 3 aromatic rings. The summed E-state index contributed by atoms with van der Waals surface area (Å²) in [5, 5.41) is 9.76. The summed E-state index contributed by atoms with van der Waals surface area (Å²) in [6.45, 7) is 3.71. The van der Waals surface area contributed by atoms with Crippen molar-refractivity contribution in [3.05, 3.63) is 83.4 Å². The van der Waals surface area contributed by atoms with Crippen LogP contribution in [-0.2, 0) is 20.6 Å². The first-order valence-corrected chi connectivity index (χ1v) is 15.2. The summed E-state index contributed by atoms with van der Waals surface area (Å²) >= 11 is 0. The largest absolute Gasteiger partial charge is 0.524 e. The van der Waals surface area contributed by atoms with Crippen molar-refractivity contribution in [3.63, 3.8) is 0 Å². The van der Waals surface area contributed by atoms with Crippen molar-refractivity contribution in [1.29, 1.82) is 0 Å². The molecule has 2 unspecified atom stereocenters. The summed E-state index contributed by atoms with van der Waals surface area (Å²) < 4.78 is 12.5. The maximum absolute atomic E-state index is 13.5. The molecule has 0 fully saturated rings. The minimum Gasteiger partial charge on any atom is -0.357 e. The van der Waals surface area contributed by atoms with Gasteiger partial charge >= 0.3 is 8.03 Å². The third-order valence-electron chi connectivity index (χ3n) is 7.33. The third kappa shape index (κ3) is 7.07. The molecule has 0 saturated heterocycles. The van der Waals surface area contributed by atoms with Gasteiger partial charge in [-0.1, -0.05) is 68.4 Å². The van der Waals surface area contributed by atoms with E-state index in [4.69, 9.17) is 0 Å². The number of rotatable bonds is 13. The predicted molar refractivity (Wildman–Crippen MR) is 160 cm³/mol. The first kappa shape index (κ1) is 31.0. The van der Waals surface area contributed by atoms with E-state index in [0.29, 0.717) is 22.9 Å². The number of hydrogen-bond donors (Lipinski definition) is 4. The van der Waals surface area contributed by atoms with Crippen LogP contribution in [0, 0.1) is 5.92 Å². The van der Waals surface area contributed by atoms with Crippen LogP contribution in [0.3, 0.4) is 0 Å². The molecule has 0 radical (unpaired) electrons. The van der Waals surface area contributed by atoms with Crippen molar-refractivity contribution in [3.8, 4) is 0 Å². The zero-order valence-corrected chi connectivity index (χ0v) is 24.8. The van der Waals surface area contributed by atoms with Crippen LogP contribution in [0.2, 0.25) is 0 Å². The molecule has 42 heavy (non-hydrogen) atoms. The fraction of sp³-hybridized carbons (Fsp3) is 0.355. The maximum Gasteiger partial charge on any atom is 0.524 e. The summed E-state index contributed by atoms with van der Waals surface area (Å²) in [7, 11) is -1.34. The lowest BCUT2D eigenvalue weighted by Gasteiger charge is -2.28.